The van der Waals surface area contributed by atoms with Gasteiger partial charge in [-0.1, -0.05) is 18.2 Å². The minimum atomic E-state index is -0.928. The largest absolute Gasteiger partial charge is 0.489 e. The maximum atomic E-state index is 9.28. The van der Waals surface area contributed by atoms with Crippen molar-refractivity contribution in [2.24, 2.45) is 16.6 Å². The first-order valence-electron chi connectivity index (χ1n) is 11.0. The first-order valence-corrected chi connectivity index (χ1v) is 11.0. The molecule has 3 aliphatic heterocycles. The Labute approximate surface area is 188 Å². The number of nitrogens with zero attached hydrogens (tertiary/aromatic N) is 3. The van der Waals surface area contributed by atoms with E-state index in [1.54, 1.807) is 13.1 Å². The number of rotatable bonds is 2. The molecule has 1 fully saturated rings. The van der Waals surface area contributed by atoms with E-state index in [1.165, 1.54) is 5.06 Å². The molecule has 7 heteroatoms. The van der Waals surface area contributed by atoms with Gasteiger partial charge in [0.2, 0.25) is 11.7 Å². The van der Waals surface area contributed by atoms with Crippen molar-refractivity contribution in [2.75, 3.05) is 13.7 Å². The summed E-state index contributed by atoms with van der Waals surface area (Å²) in [6.07, 6.45) is 2.37. The van der Waals surface area contributed by atoms with Crippen LogP contribution in [0.1, 0.15) is 44.2 Å². The van der Waals surface area contributed by atoms with Crippen LogP contribution in [-0.4, -0.2) is 36.4 Å². The maximum absolute atomic E-state index is 9.28. The number of guanidine groups is 1. The first-order chi connectivity index (χ1) is 15.3. The highest BCUT2D eigenvalue weighted by atomic mass is 16.7. The fourth-order valence-corrected chi connectivity index (χ4v) is 5.07. The van der Waals surface area contributed by atoms with Crippen LogP contribution in [0, 0.1) is 17.2 Å². The third kappa shape index (κ3) is 3.60. The Morgan fingerprint density at radius 2 is 1.97 bits per heavy atom. The van der Waals surface area contributed by atoms with Crippen LogP contribution in [0.3, 0.4) is 0 Å². The quantitative estimate of drug-likeness (QED) is 0.773. The SMILES string of the molecule is CN1O[C@]2(C[C@H](C3CCOC(C)(C)C3)Oc3ccc(-c4cccc(C#N)c4)cc32)N=C1N. The molecule has 3 atom stereocenters. The Hall–Kier alpha value is -3.08. The molecule has 2 N–H and O–H groups in total. The van der Waals surface area contributed by atoms with Gasteiger partial charge in [-0.2, -0.15) is 5.26 Å². The third-order valence-electron chi connectivity index (χ3n) is 6.65. The molecular weight excluding hydrogens is 404 g/mol. The van der Waals surface area contributed by atoms with E-state index in [-0.39, 0.29) is 11.7 Å². The van der Waals surface area contributed by atoms with Crippen molar-refractivity contribution >= 4 is 5.96 Å². The molecule has 7 nitrogen and oxygen atoms in total. The van der Waals surface area contributed by atoms with Gasteiger partial charge in [-0.25, -0.2) is 14.9 Å². The van der Waals surface area contributed by atoms with Crippen molar-refractivity contribution in [1.82, 2.24) is 5.06 Å². The molecule has 1 unspecified atom stereocenters. The number of hydrogen-bond donors (Lipinski definition) is 1. The average Bonchev–Trinajstić information content (AvgIpc) is 3.06. The van der Waals surface area contributed by atoms with Crippen LogP contribution in [-0.2, 0) is 15.3 Å². The van der Waals surface area contributed by atoms with E-state index < -0.39 is 5.72 Å². The Morgan fingerprint density at radius 3 is 2.69 bits per heavy atom. The number of nitrogens with two attached hydrogens (primary N) is 1. The summed E-state index contributed by atoms with van der Waals surface area (Å²) < 4.78 is 12.5. The highest BCUT2D eigenvalue weighted by Gasteiger charge is 2.51. The lowest BCUT2D eigenvalue weighted by molar-refractivity contribution is -0.198. The van der Waals surface area contributed by atoms with Gasteiger partial charge in [-0.15, -0.1) is 0 Å². The van der Waals surface area contributed by atoms with Gasteiger partial charge in [0.1, 0.15) is 11.9 Å². The number of ether oxygens (including phenoxy) is 2. The van der Waals surface area contributed by atoms with Crippen molar-refractivity contribution in [1.29, 1.82) is 5.26 Å². The maximum Gasteiger partial charge on any atom is 0.221 e. The van der Waals surface area contributed by atoms with Crippen molar-refractivity contribution in [3.05, 3.63) is 53.6 Å². The Kier molecular flexibility index (Phi) is 4.88. The van der Waals surface area contributed by atoms with Gasteiger partial charge in [0.15, 0.2) is 0 Å². The van der Waals surface area contributed by atoms with Crippen LogP contribution in [0.4, 0.5) is 0 Å². The molecule has 3 heterocycles. The number of hydroxylamine groups is 2. The van der Waals surface area contributed by atoms with E-state index in [1.807, 2.05) is 36.4 Å². The van der Waals surface area contributed by atoms with Gasteiger partial charge in [-0.3, -0.25) is 0 Å². The molecule has 2 aromatic carbocycles. The predicted octanol–water partition coefficient (Wildman–Crippen LogP) is 3.93. The van der Waals surface area contributed by atoms with Crippen LogP contribution < -0.4 is 10.5 Å². The second-order valence-electron chi connectivity index (χ2n) is 9.47. The molecule has 0 aromatic heterocycles. The summed E-state index contributed by atoms with van der Waals surface area (Å²) in [7, 11) is 1.77. The van der Waals surface area contributed by atoms with E-state index >= 15 is 0 Å². The number of fused-ring (bicyclic) bond motifs is 2. The Balaban J connectivity index is 1.56. The molecule has 0 amide bonds. The van der Waals surface area contributed by atoms with Gasteiger partial charge >= 0.3 is 0 Å². The zero-order valence-corrected chi connectivity index (χ0v) is 18.7. The van der Waals surface area contributed by atoms with Crippen LogP contribution in [0.15, 0.2) is 47.5 Å². The Bertz CT molecular complexity index is 1120. The van der Waals surface area contributed by atoms with Crippen molar-refractivity contribution in [3.8, 4) is 22.9 Å². The molecule has 0 radical (unpaired) electrons. The zero-order valence-electron chi connectivity index (χ0n) is 18.7. The highest BCUT2D eigenvalue weighted by Crippen LogP contribution is 2.49. The standard InChI is InChI=1S/C25H28N4O3/c1-24(2)13-19(9-10-30-24)22-14-25(28-23(27)29(3)32-25)20-12-18(7-8-21(20)31-22)17-6-4-5-16(11-17)15-26/h4-8,11-12,19,22H,9-10,13-14H2,1-3H3,(H2,27,28)/t19?,22-,25+/m1/s1. The second kappa shape index (κ2) is 7.51. The van der Waals surface area contributed by atoms with Crippen molar-refractivity contribution in [3.63, 3.8) is 0 Å². The molecular formula is C25H28N4O3. The summed E-state index contributed by atoms with van der Waals surface area (Å²) in [6.45, 7) is 4.98. The molecule has 3 aliphatic rings. The van der Waals surface area contributed by atoms with Gasteiger partial charge in [0.25, 0.3) is 0 Å². The van der Waals surface area contributed by atoms with Gasteiger partial charge < -0.3 is 15.2 Å². The molecule has 5 rings (SSSR count). The number of hydrogen-bond acceptors (Lipinski definition) is 7. The van der Waals surface area contributed by atoms with Crippen molar-refractivity contribution in [2.45, 2.75) is 50.5 Å². The van der Waals surface area contributed by atoms with E-state index in [0.29, 0.717) is 23.9 Å². The monoisotopic (exact) mass is 432 g/mol. The van der Waals surface area contributed by atoms with Gasteiger partial charge in [0, 0.05) is 26.0 Å². The van der Waals surface area contributed by atoms with E-state index in [4.69, 9.17) is 25.0 Å². The molecule has 0 bridgehead atoms. The molecule has 2 aromatic rings. The molecule has 0 saturated carbocycles. The minimum absolute atomic E-state index is 0.0542. The summed E-state index contributed by atoms with van der Waals surface area (Å²) in [4.78, 5) is 11.1. The fourth-order valence-electron chi connectivity index (χ4n) is 5.07. The van der Waals surface area contributed by atoms with Crippen LogP contribution in [0.2, 0.25) is 0 Å². The van der Waals surface area contributed by atoms with E-state index in [2.05, 4.69) is 19.9 Å². The first kappa shape index (κ1) is 20.8. The van der Waals surface area contributed by atoms with Gasteiger partial charge in [-0.05, 0) is 62.1 Å². The molecule has 32 heavy (non-hydrogen) atoms. The lowest BCUT2D eigenvalue weighted by Crippen LogP contribution is -2.46. The zero-order chi connectivity index (χ0) is 22.5. The topological polar surface area (TPSA) is 93.1 Å². The number of nitriles is 1. The lowest BCUT2D eigenvalue weighted by Gasteiger charge is -2.44. The number of aliphatic imine (C=N–C) groups is 1. The van der Waals surface area contributed by atoms with Crippen LogP contribution in [0.25, 0.3) is 11.1 Å². The second-order valence-corrected chi connectivity index (χ2v) is 9.47. The molecule has 1 spiro atoms. The summed E-state index contributed by atoms with van der Waals surface area (Å²) in [5.41, 5.74) is 8.45. The summed E-state index contributed by atoms with van der Waals surface area (Å²) >= 11 is 0. The van der Waals surface area contributed by atoms with Crippen molar-refractivity contribution < 1.29 is 14.3 Å². The highest BCUT2D eigenvalue weighted by molar-refractivity contribution is 5.79. The van der Waals surface area contributed by atoms with E-state index in [0.717, 1.165) is 41.9 Å². The smallest absolute Gasteiger partial charge is 0.221 e. The van der Waals surface area contributed by atoms with Gasteiger partial charge in [0.05, 0.1) is 22.8 Å². The average molecular weight is 433 g/mol. The summed E-state index contributed by atoms with van der Waals surface area (Å²) in [5.74, 6) is 1.44. The van der Waals surface area contributed by atoms with Crippen LogP contribution in [0.5, 0.6) is 5.75 Å². The third-order valence-corrected chi connectivity index (χ3v) is 6.65. The van der Waals surface area contributed by atoms with E-state index in [9.17, 15) is 5.26 Å². The molecule has 1 saturated heterocycles. The molecule has 0 aliphatic carbocycles. The lowest BCUT2D eigenvalue weighted by atomic mass is 9.79. The predicted molar refractivity (Wildman–Crippen MR) is 121 cm³/mol. The normalized spacial score (nSPS) is 28.6. The minimum Gasteiger partial charge on any atom is -0.489 e. The summed E-state index contributed by atoms with van der Waals surface area (Å²) in [6, 6.07) is 15.8. The Morgan fingerprint density at radius 1 is 1.16 bits per heavy atom. The number of benzene rings is 2. The van der Waals surface area contributed by atoms with Crippen LogP contribution >= 0.6 is 0 Å². The fraction of sp³-hybridized carbons (Fsp3) is 0.440. The summed E-state index contributed by atoms with van der Waals surface area (Å²) in [5, 5.41) is 10.8. The molecule has 166 valence electrons.